The van der Waals surface area contributed by atoms with Crippen LogP contribution in [0.2, 0.25) is 5.02 Å². The Morgan fingerprint density at radius 2 is 2.12 bits per heavy atom. The lowest BCUT2D eigenvalue weighted by Gasteiger charge is -2.05. The van der Waals surface area contributed by atoms with Crippen molar-refractivity contribution >= 4 is 17.3 Å². The van der Waals surface area contributed by atoms with Crippen LogP contribution >= 0.6 is 11.6 Å². The van der Waals surface area contributed by atoms with Gasteiger partial charge in [-0.15, -0.1) is 0 Å². The van der Waals surface area contributed by atoms with Crippen molar-refractivity contribution in [1.82, 2.24) is 9.78 Å². The molecule has 0 aliphatic rings. The van der Waals surface area contributed by atoms with E-state index in [4.69, 9.17) is 17.3 Å². The van der Waals surface area contributed by atoms with Crippen molar-refractivity contribution in [2.75, 3.05) is 5.73 Å². The molecule has 0 saturated heterocycles. The molecular formula is C11H10ClN3O. The molecule has 1 aromatic carbocycles. The molecule has 4 nitrogen and oxygen atoms in total. The zero-order valence-corrected chi connectivity index (χ0v) is 9.40. The smallest absolute Gasteiger partial charge is 0.273 e. The van der Waals surface area contributed by atoms with Crippen LogP contribution in [0.5, 0.6) is 0 Å². The van der Waals surface area contributed by atoms with E-state index in [1.54, 1.807) is 12.1 Å². The van der Waals surface area contributed by atoms with Gasteiger partial charge in [-0.3, -0.25) is 4.79 Å². The standard InChI is InChI=1S/C11H10ClN3O/c1-7-2-3-9(5-10(7)12)15-11(16)4-8(13)6-14-15/h2-6H,13H2,1H3. The highest BCUT2D eigenvalue weighted by Gasteiger charge is 2.03. The first-order valence-electron chi connectivity index (χ1n) is 4.69. The Morgan fingerprint density at radius 3 is 2.75 bits per heavy atom. The Hall–Kier alpha value is -1.81. The van der Waals surface area contributed by atoms with Crippen molar-refractivity contribution in [2.24, 2.45) is 0 Å². The SMILES string of the molecule is Cc1ccc(-n2ncc(N)cc2=O)cc1Cl. The van der Waals surface area contributed by atoms with E-state index in [9.17, 15) is 4.79 Å². The van der Waals surface area contributed by atoms with Crippen molar-refractivity contribution < 1.29 is 0 Å². The third kappa shape index (κ3) is 1.92. The zero-order valence-electron chi connectivity index (χ0n) is 8.64. The Bertz CT molecular complexity index is 592. The first-order chi connectivity index (χ1) is 7.58. The minimum atomic E-state index is -0.278. The van der Waals surface area contributed by atoms with Gasteiger partial charge in [0.2, 0.25) is 0 Å². The minimum Gasteiger partial charge on any atom is -0.397 e. The quantitative estimate of drug-likeness (QED) is 0.820. The third-order valence-corrected chi connectivity index (χ3v) is 2.63. The summed E-state index contributed by atoms with van der Waals surface area (Å²) in [6.45, 7) is 1.89. The topological polar surface area (TPSA) is 60.9 Å². The highest BCUT2D eigenvalue weighted by Crippen LogP contribution is 2.17. The fourth-order valence-electron chi connectivity index (χ4n) is 1.33. The predicted octanol–water partition coefficient (Wildman–Crippen LogP) is 1.78. The summed E-state index contributed by atoms with van der Waals surface area (Å²) in [4.78, 5) is 11.6. The number of nitrogens with zero attached hydrogens (tertiary/aromatic N) is 2. The molecule has 1 aromatic heterocycles. The number of hydrogen-bond acceptors (Lipinski definition) is 3. The molecule has 0 aliphatic carbocycles. The largest absolute Gasteiger partial charge is 0.397 e. The molecular weight excluding hydrogens is 226 g/mol. The van der Waals surface area contributed by atoms with E-state index in [-0.39, 0.29) is 5.56 Å². The molecule has 1 heterocycles. The van der Waals surface area contributed by atoms with Gasteiger partial charge in [-0.25, -0.2) is 0 Å². The molecule has 0 spiro atoms. The maximum absolute atomic E-state index is 11.6. The molecule has 0 fully saturated rings. The lowest BCUT2D eigenvalue weighted by molar-refractivity contribution is 0.809. The van der Waals surface area contributed by atoms with Gasteiger partial charge in [0.25, 0.3) is 5.56 Å². The Morgan fingerprint density at radius 1 is 1.38 bits per heavy atom. The van der Waals surface area contributed by atoms with Crippen LogP contribution in [0.25, 0.3) is 5.69 Å². The summed E-state index contributed by atoms with van der Waals surface area (Å²) in [5.41, 5.74) is 7.10. The average molecular weight is 236 g/mol. The Kier molecular flexibility index (Phi) is 2.66. The fraction of sp³-hybridized carbons (Fsp3) is 0.0909. The van der Waals surface area contributed by atoms with Gasteiger partial charge < -0.3 is 5.73 Å². The van der Waals surface area contributed by atoms with Crippen molar-refractivity contribution in [3.63, 3.8) is 0 Å². The number of benzene rings is 1. The number of rotatable bonds is 1. The second-order valence-electron chi connectivity index (χ2n) is 3.47. The molecule has 0 saturated carbocycles. The molecule has 0 aliphatic heterocycles. The molecule has 2 N–H and O–H groups in total. The van der Waals surface area contributed by atoms with E-state index in [1.165, 1.54) is 16.9 Å². The highest BCUT2D eigenvalue weighted by molar-refractivity contribution is 6.31. The van der Waals surface area contributed by atoms with Crippen LogP contribution in [0, 0.1) is 6.92 Å². The minimum absolute atomic E-state index is 0.278. The van der Waals surface area contributed by atoms with Crippen LogP contribution in [0.15, 0.2) is 35.3 Å². The number of aryl methyl sites for hydroxylation is 1. The van der Waals surface area contributed by atoms with Crippen molar-refractivity contribution in [1.29, 1.82) is 0 Å². The summed E-state index contributed by atoms with van der Waals surface area (Å²) in [7, 11) is 0. The number of halogens is 1. The number of anilines is 1. The van der Waals surface area contributed by atoms with Crippen LogP contribution in [0.3, 0.4) is 0 Å². The van der Waals surface area contributed by atoms with Crippen molar-refractivity contribution in [3.05, 3.63) is 51.4 Å². The predicted molar refractivity (Wildman–Crippen MR) is 64.0 cm³/mol. The van der Waals surface area contributed by atoms with Gasteiger partial charge in [0.15, 0.2) is 0 Å². The Labute approximate surface area is 97.3 Å². The van der Waals surface area contributed by atoms with E-state index in [2.05, 4.69) is 5.10 Å². The molecule has 0 bridgehead atoms. The first kappa shape index (κ1) is 10.7. The van der Waals surface area contributed by atoms with Gasteiger partial charge >= 0.3 is 0 Å². The number of nitrogen functional groups attached to an aromatic ring is 1. The second-order valence-corrected chi connectivity index (χ2v) is 3.88. The van der Waals surface area contributed by atoms with E-state index in [0.717, 1.165) is 5.56 Å². The van der Waals surface area contributed by atoms with Gasteiger partial charge in [0.1, 0.15) is 0 Å². The van der Waals surface area contributed by atoms with Gasteiger partial charge in [0, 0.05) is 11.1 Å². The first-order valence-corrected chi connectivity index (χ1v) is 5.07. The van der Waals surface area contributed by atoms with Crippen molar-refractivity contribution in [2.45, 2.75) is 6.92 Å². The molecule has 82 valence electrons. The second kappa shape index (κ2) is 3.98. The maximum Gasteiger partial charge on any atom is 0.273 e. The molecule has 16 heavy (non-hydrogen) atoms. The summed E-state index contributed by atoms with van der Waals surface area (Å²) < 4.78 is 1.25. The molecule has 0 radical (unpaired) electrons. The number of hydrogen-bond donors (Lipinski definition) is 1. The number of nitrogens with two attached hydrogens (primary N) is 1. The van der Waals surface area contributed by atoms with Gasteiger partial charge in [-0.2, -0.15) is 9.78 Å². The summed E-state index contributed by atoms with van der Waals surface area (Å²) in [5.74, 6) is 0. The van der Waals surface area contributed by atoms with Crippen LogP contribution < -0.4 is 11.3 Å². The van der Waals surface area contributed by atoms with Gasteiger partial charge in [0.05, 0.1) is 17.6 Å². The lowest BCUT2D eigenvalue weighted by atomic mass is 10.2. The molecule has 0 atom stereocenters. The summed E-state index contributed by atoms with van der Waals surface area (Å²) in [6.07, 6.45) is 1.43. The van der Waals surface area contributed by atoms with E-state index >= 15 is 0 Å². The average Bonchev–Trinajstić information content (AvgIpc) is 2.22. The normalized spacial score (nSPS) is 10.4. The summed E-state index contributed by atoms with van der Waals surface area (Å²) >= 11 is 5.98. The van der Waals surface area contributed by atoms with Crippen LogP contribution in [-0.4, -0.2) is 9.78 Å². The Balaban J connectivity index is 2.59. The van der Waals surface area contributed by atoms with Gasteiger partial charge in [-0.1, -0.05) is 17.7 Å². The molecule has 5 heteroatoms. The van der Waals surface area contributed by atoms with E-state index in [1.807, 2.05) is 13.0 Å². The van der Waals surface area contributed by atoms with E-state index < -0.39 is 0 Å². The highest BCUT2D eigenvalue weighted by atomic mass is 35.5. The summed E-state index contributed by atoms with van der Waals surface area (Å²) in [6, 6.07) is 6.64. The lowest BCUT2D eigenvalue weighted by Crippen LogP contribution is -2.20. The number of aromatic nitrogens is 2. The van der Waals surface area contributed by atoms with Crippen LogP contribution in [0.1, 0.15) is 5.56 Å². The third-order valence-electron chi connectivity index (χ3n) is 2.22. The summed E-state index contributed by atoms with van der Waals surface area (Å²) in [5, 5.41) is 4.54. The molecule has 2 rings (SSSR count). The zero-order chi connectivity index (χ0) is 11.7. The maximum atomic E-state index is 11.6. The van der Waals surface area contributed by atoms with Crippen LogP contribution in [-0.2, 0) is 0 Å². The molecule has 0 unspecified atom stereocenters. The monoisotopic (exact) mass is 235 g/mol. The molecule has 2 aromatic rings. The van der Waals surface area contributed by atoms with Gasteiger partial charge in [-0.05, 0) is 24.6 Å². The van der Waals surface area contributed by atoms with E-state index in [0.29, 0.717) is 16.4 Å². The fourth-order valence-corrected chi connectivity index (χ4v) is 1.50. The molecule has 0 amide bonds. The van der Waals surface area contributed by atoms with Crippen molar-refractivity contribution in [3.8, 4) is 5.69 Å². The van der Waals surface area contributed by atoms with Crippen LogP contribution in [0.4, 0.5) is 5.69 Å².